The number of aliphatic hydroxyl groups excluding tert-OH is 1. The van der Waals surface area contributed by atoms with E-state index in [1.54, 1.807) is 0 Å². The molecule has 0 spiro atoms. The molecular weight excluding hydrogens is 546 g/mol. The Labute approximate surface area is 214 Å². The van der Waals surface area contributed by atoms with Gasteiger partial charge in [0.1, 0.15) is 18.1 Å². The van der Waals surface area contributed by atoms with Crippen LogP contribution in [0, 0.1) is 0 Å². The van der Waals surface area contributed by atoms with Gasteiger partial charge in [0, 0.05) is 17.0 Å². The molecule has 0 aliphatic rings. The lowest BCUT2D eigenvalue weighted by Gasteiger charge is -2.15. The van der Waals surface area contributed by atoms with Crippen LogP contribution in [-0.2, 0) is 19.5 Å². The van der Waals surface area contributed by atoms with Crippen molar-refractivity contribution in [2.75, 3.05) is 0 Å². The fourth-order valence-corrected chi connectivity index (χ4v) is 3.59. The molecule has 16 heteroatoms. The molecule has 1 atom stereocenters. The van der Waals surface area contributed by atoms with E-state index in [2.05, 4.69) is 25.0 Å². The van der Waals surface area contributed by atoms with Gasteiger partial charge >= 0.3 is 18.2 Å². The average Bonchev–Trinajstić information content (AvgIpc) is 3.37. The largest absolute Gasteiger partial charge is 0.573 e. The summed E-state index contributed by atoms with van der Waals surface area (Å²) in [6.45, 7) is -1.42. The third kappa shape index (κ3) is 6.72. The molecule has 1 unspecified atom stereocenters. The first kappa shape index (κ1) is 27.2. The lowest BCUT2D eigenvalue weighted by atomic mass is 10.1. The number of H-pyrrole nitrogens is 1. The van der Waals surface area contributed by atoms with Crippen molar-refractivity contribution in [3.05, 3.63) is 81.3 Å². The quantitative estimate of drug-likeness (QED) is 0.315. The molecule has 0 radical (unpaired) electrons. The molecule has 0 aliphatic heterocycles. The summed E-state index contributed by atoms with van der Waals surface area (Å²) in [5, 5.41) is 20.6. The smallest absolute Gasteiger partial charge is 0.406 e. The number of nitrogens with zero attached hydrogens (tertiary/aromatic N) is 5. The maximum absolute atomic E-state index is 13.0. The monoisotopic (exact) mass is 562 g/mol. The summed E-state index contributed by atoms with van der Waals surface area (Å²) in [6.07, 6.45) is -12.6. The first-order valence-corrected chi connectivity index (χ1v) is 11.1. The lowest BCUT2D eigenvalue weighted by Crippen LogP contribution is -2.37. The topological polar surface area (TPSA) is 111 Å². The number of hydrogen-bond acceptors (Lipinski definition) is 6. The fourth-order valence-electron chi connectivity index (χ4n) is 3.46. The van der Waals surface area contributed by atoms with Crippen molar-refractivity contribution < 1.29 is 36.2 Å². The summed E-state index contributed by atoms with van der Waals surface area (Å²) in [5.41, 5.74) is -0.267. The van der Waals surface area contributed by atoms with Crippen molar-refractivity contribution in [1.82, 2.24) is 29.5 Å². The number of aromatic nitrogens is 6. The number of benzene rings is 2. The normalized spacial score (nSPS) is 13.1. The van der Waals surface area contributed by atoms with Crippen molar-refractivity contribution >= 4 is 11.6 Å². The Morgan fingerprint density at radius 3 is 2.45 bits per heavy atom. The van der Waals surface area contributed by atoms with Gasteiger partial charge in [0.2, 0.25) is 0 Å². The molecule has 2 N–H and O–H groups in total. The number of aliphatic hydroxyl groups is 1. The highest BCUT2D eigenvalue weighted by Crippen LogP contribution is 2.25. The summed E-state index contributed by atoms with van der Waals surface area (Å²) in [5.74, 6) is -0.287. The highest BCUT2D eigenvalue weighted by Gasteiger charge is 2.39. The number of alkyl halides is 6. The molecular formula is C22H17ClF6N6O3. The van der Waals surface area contributed by atoms with Crippen molar-refractivity contribution in [3.8, 4) is 17.1 Å². The molecule has 4 aromatic rings. The van der Waals surface area contributed by atoms with Crippen LogP contribution in [0.1, 0.15) is 17.2 Å². The van der Waals surface area contributed by atoms with Crippen LogP contribution in [0.3, 0.4) is 0 Å². The molecule has 4 rings (SSSR count). The fraction of sp³-hybridized carbons (Fsp3) is 0.273. The number of rotatable bonds is 8. The van der Waals surface area contributed by atoms with Crippen molar-refractivity contribution in [2.24, 2.45) is 0 Å². The second-order valence-electron chi connectivity index (χ2n) is 8.01. The molecule has 202 valence electrons. The minimum absolute atomic E-state index is 0.0166. The first-order valence-electron chi connectivity index (χ1n) is 10.7. The predicted octanol–water partition coefficient (Wildman–Crippen LogP) is 3.94. The Balaban J connectivity index is 1.58. The maximum Gasteiger partial charge on any atom is 0.573 e. The van der Waals surface area contributed by atoms with Crippen molar-refractivity contribution in [2.45, 2.75) is 38.2 Å². The van der Waals surface area contributed by atoms with Crippen LogP contribution < -0.4 is 10.4 Å². The number of ether oxygens (including phenoxy) is 1. The van der Waals surface area contributed by atoms with Gasteiger partial charge in [-0.3, -0.25) is 9.67 Å². The zero-order chi connectivity index (χ0) is 27.7. The van der Waals surface area contributed by atoms with E-state index in [1.165, 1.54) is 42.5 Å². The van der Waals surface area contributed by atoms with Gasteiger partial charge in [-0.25, -0.2) is 14.5 Å². The van der Waals surface area contributed by atoms with Crippen LogP contribution in [0.2, 0.25) is 5.02 Å². The summed E-state index contributed by atoms with van der Waals surface area (Å²) in [4.78, 5) is 17.1. The Kier molecular flexibility index (Phi) is 7.51. The molecule has 0 amide bonds. The predicted molar refractivity (Wildman–Crippen MR) is 120 cm³/mol. The van der Waals surface area contributed by atoms with Gasteiger partial charge in [-0.1, -0.05) is 23.7 Å². The van der Waals surface area contributed by atoms with Gasteiger partial charge in [-0.05, 0) is 42.0 Å². The minimum atomic E-state index is -4.97. The second kappa shape index (κ2) is 10.5. The molecule has 9 nitrogen and oxygen atoms in total. The number of nitrogens with one attached hydrogen (secondary N) is 1. The molecule has 0 saturated carbocycles. The molecule has 0 fully saturated rings. The molecule has 38 heavy (non-hydrogen) atoms. The Morgan fingerprint density at radius 2 is 1.79 bits per heavy atom. The van der Waals surface area contributed by atoms with Crippen molar-refractivity contribution in [3.63, 3.8) is 0 Å². The van der Waals surface area contributed by atoms with Gasteiger partial charge in [0.15, 0.2) is 17.8 Å². The van der Waals surface area contributed by atoms with Crippen molar-refractivity contribution in [1.29, 1.82) is 0 Å². The lowest BCUT2D eigenvalue weighted by molar-refractivity contribution is -0.274. The van der Waals surface area contributed by atoms with Crippen LogP contribution in [0.15, 0.2) is 53.3 Å². The minimum Gasteiger partial charge on any atom is -0.406 e. The van der Waals surface area contributed by atoms with E-state index in [9.17, 15) is 36.2 Å². The summed E-state index contributed by atoms with van der Waals surface area (Å²) >= 11 is 5.86. The van der Waals surface area contributed by atoms with E-state index in [4.69, 9.17) is 11.6 Å². The van der Waals surface area contributed by atoms with E-state index in [0.29, 0.717) is 15.2 Å². The zero-order valence-corrected chi connectivity index (χ0v) is 19.7. The number of aromatic amines is 1. The highest BCUT2D eigenvalue weighted by molar-refractivity contribution is 6.30. The zero-order valence-electron chi connectivity index (χ0n) is 19.0. The van der Waals surface area contributed by atoms with E-state index in [1.807, 2.05) is 0 Å². The molecule has 2 aromatic heterocycles. The molecule has 0 bridgehead atoms. The van der Waals surface area contributed by atoms with Gasteiger partial charge in [0.05, 0.1) is 6.54 Å². The first-order chi connectivity index (χ1) is 17.8. The van der Waals surface area contributed by atoms with Gasteiger partial charge in [-0.15, -0.1) is 18.3 Å². The van der Waals surface area contributed by atoms with Gasteiger partial charge < -0.3 is 9.84 Å². The Morgan fingerprint density at radius 1 is 1.08 bits per heavy atom. The summed E-state index contributed by atoms with van der Waals surface area (Å²) in [7, 11) is 0. The van der Waals surface area contributed by atoms with E-state index in [-0.39, 0.29) is 36.0 Å². The van der Waals surface area contributed by atoms with E-state index >= 15 is 0 Å². The van der Waals surface area contributed by atoms with Gasteiger partial charge in [-0.2, -0.15) is 18.3 Å². The van der Waals surface area contributed by atoms with Crippen LogP contribution >= 0.6 is 11.6 Å². The number of halogens is 7. The molecule has 2 aromatic carbocycles. The Hall–Kier alpha value is -3.85. The SMILES string of the molecule is O=c1n(Cc2nc(Cc3cccc(OC(F)(F)F)c3)n[nH]2)nc(-c2ccc(Cl)cc2)n1CC(O)C(F)(F)F. The van der Waals surface area contributed by atoms with Crippen LogP contribution in [0.25, 0.3) is 11.4 Å². The van der Waals surface area contributed by atoms with Crippen LogP contribution in [-0.4, -0.2) is 53.3 Å². The van der Waals surface area contributed by atoms with Gasteiger partial charge in [0.25, 0.3) is 0 Å². The van der Waals surface area contributed by atoms with E-state index < -0.39 is 36.6 Å². The third-order valence-electron chi connectivity index (χ3n) is 5.13. The second-order valence-corrected chi connectivity index (χ2v) is 8.45. The summed E-state index contributed by atoms with van der Waals surface area (Å²) in [6, 6.07) is 11.0. The average molecular weight is 563 g/mol. The van der Waals surface area contributed by atoms with Crippen LogP contribution in [0.5, 0.6) is 5.75 Å². The summed E-state index contributed by atoms with van der Waals surface area (Å²) < 4.78 is 81.8. The maximum atomic E-state index is 13.0. The molecule has 2 heterocycles. The van der Waals surface area contributed by atoms with Crippen LogP contribution in [0.4, 0.5) is 26.3 Å². The molecule has 0 aliphatic carbocycles. The molecule has 0 saturated heterocycles. The standard InChI is InChI=1S/C22H17ClF6N6O3/c23-14-6-4-13(5-7-14)19-33-35(20(37)34(19)10-16(36)21(24,25)26)11-18-30-17(31-32-18)9-12-2-1-3-15(8-12)38-22(27,28)29/h1-8,16,36H,9-11H2,(H,30,31,32). The third-order valence-corrected chi connectivity index (χ3v) is 5.38. The highest BCUT2D eigenvalue weighted by atomic mass is 35.5. The Bertz CT molecular complexity index is 1460. The number of hydrogen-bond donors (Lipinski definition) is 2. The van der Waals surface area contributed by atoms with E-state index in [0.717, 1.165) is 10.7 Å².